The summed E-state index contributed by atoms with van der Waals surface area (Å²) in [6, 6.07) is 7.94. The van der Waals surface area contributed by atoms with E-state index in [9.17, 15) is 4.79 Å². The Morgan fingerprint density at radius 2 is 2.05 bits per heavy atom. The number of carbonyl (C=O) groups excluding carboxylic acids is 1. The van der Waals surface area contributed by atoms with Crippen molar-refractivity contribution in [1.82, 2.24) is 4.90 Å². The quantitative estimate of drug-likeness (QED) is 0.924. The van der Waals surface area contributed by atoms with Crippen LogP contribution in [-0.2, 0) is 11.2 Å². The summed E-state index contributed by atoms with van der Waals surface area (Å²) in [5.41, 5.74) is 6.37. The molecule has 1 unspecified atom stereocenters. The van der Waals surface area contributed by atoms with Crippen LogP contribution in [0.15, 0.2) is 24.3 Å². The van der Waals surface area contributed by atoms with Gasteiger partial charge in [0.1, 0.15) is 0 Å². The monoisotopic (exact) mass is 280 g/mol. The summed E-state index contributed by atoms with van der Waals surface area (Å²) >= 11 is 5.88. The second kappa shape index (κ2) is 5.51. The van der Waals surface area contributed by atoms with Gasteiger partial charge in [0, 0.05) is 18.1 Å². The minimum Gasteiger partial charge on any atom is -0.341 e. The van der Waals surface area contributed by atoms with E-state index in [2.05, 4.69) is 12.1 Å². The normalized spacial score (nSPS) is 19.8. The number of likely N-dealkylation sites (tertiary alicyclic amines) is 1. The highest BCUT2D eigenvalue weighted by atomic mass is 35.5. The summed E-state index contributed by atoms with van der Waals surface area (Å²) in [6.45, 7) is 5.16. The van der Waals surface area contributed by atoms with E-state index in [0.717, 1.165) is 31.0 Å². The standard InChI is InChI=1S/C15H21ClN2O/c1-15(2,17)14(19)18-8-7-12(10-18)9-11-3-5-13(16)6-4-11/h3-6,12H,7-10,17H2,1-2H3. The first-order valence-corrected chi connectivity index (χ1v) is 7.07. The van der Waals surface area contributed by atoms with Crippen LogP contribution in [0.1, 0.15) is 25.8 Å². The number of rotatable bonds is 3. The van der Waals surface area contributed by atoms with Gasteiger partial charge in [0.15, 0.2) is 0 Å². The molecule has 104 valence electrons. The molecule has 1 aromatic rings. The average molecular weight is 281 g/mol. The van der Waals surface area contributed by atoms with Crippen molar-refractivity contribution in [2.45, 2.75) is 32.2 Å². The predicted octanol–water partition coefficient (Wildman–Crippen LogP) is 2.47. The Balaban J connectivity index is 1.92. The van der Waals surface area contributed by atoms with Gasteiger partial charge in [-0.2, -0.15) is 0 Å². The Labute approximate surface area is 119 Å². The van der Waals surface area contributed by atoms with E-state index in [-0.39, 0.29) is 5.91 Å². The Hall–Kier alpha value is -1.06. The maximum absolute atomic E-state index is 12.1. The van der Waals surface area contributed by atoms with Crippen LogP contribution in [0.3, 0.4) is 0 Å². The van der Waals surface area contributed by atoms with Gasteiger partial charge in [-0.3, -0.25) is 4.79 Å². The second-order valence-corrected chi connectivity index (χ2v) is 6.39. The van der Waals surface area contributed by atoms with Crippen LogP contribution >= 0.6 is 11.6 Å². The molecule has 1 aliphatic rings. The highest BCUT2D eigenvalue weighted by Crippen LogP contribution is 2.23. The lowest BCUT2D eigenvalue weighted by atomic mass is 9.99. The average Bonchev–Trinajstić information content (AvgIpc) is 2.78. The van der Waals surface area contributed by atoms with Gasteiger partial charge in [-0.15, -0.1) is 0 Å². The molecule has 2 rings (SSSR count). The number of hydrogen-bond donors (Lipinski definition) is 1. The van der Waals surface area contributed by atoms with Crippen LogP contribution in [0.4, 0.5) is 0 Å². The molecule has 19 heavy (non-hydrogen) atoms. The molecular weight excluding hydrogens is 260 g/mol. The fourth-order valence-electron chi connectivity index (χ4n) is 2.55. The van der Waals surface area contributed by atoms with E-state index in [1.54, 1.807) is 13.8 Å². The number of halogens is 1. The lowest BCUT2D eigenvalue weighted by Crippen LogP contribution is -2.50. The number of nitrogens with two attached hydrogens (primary N) is 1. The van der Waals surface area contributed by atoms with Gasteiger partial charge < -0.3 is 10.6 Å². The molecule has 1 heterocycles. The molecule has 1 fully saturated rings. The van der Waals surface area contributed by atoms with Crippen LogP contribution in [0.5, 0.6) is 0 Å². The first-order chi connectivity index (χ1) is 8.86. The maximum Gasteiger partial charge on any atom is 0.242 e. The third-order valence-corrected chi connectivity index (χ3v) is 3.81. The van der Waals surface area contributed by atoms with Crippen molar-refractivity contribution in [3.63, 3.8) is 0 Å². The number of benzene rings is 1. The van der Waals surface area contributed by atoms with Crippen LogP contribution < -0.4 is 5.73 Å². The lowest BCUT2D eigenvalue weighted by molar-refractivity contribution is -0.134. The Kier molecular flexibility index (Phi) is 4.16. The minimum atomic E-state index is -0.769. The number of hydrogen-bond acceptors (Lipinski definition) is 2. The van der Waals surface area contributed by atoms with Crippen molar-refractivity contribution < 1.29 is 4.79 Å². The Morgan fingerprint density at radius 1 is 1.42 bits per heavy atom. The van der Waals surface area contributed by atoms with E-state index in [4.69, 9.17) is 17.3 Å². The largest absolute Gasteiger partial charge is 0.341 e. The molecule has 0 aromatic heterocycles. The smallest absolute Gasteiger partial charge is 0.242 e. The summed E-state index contributed by atoms with van der Waals surface area (Å²) < 4.78 is 0. The lowest BCUT2D eigenvalue weighted by Gasteiger charge is -2.25. The van der Waals surface area contributed by atoms with Gasteiger partial charge in [0.2, 0.25) is 5.91 Å². The fraction of sp³-hybridized carbons (Fsp3) is 0.533. The highest BCUT2D eigenvalue weighted by Gasteiger charge is 2.33. The topological polar surface area (TPSA) is 46.3 Å². The fourth-order valence-corrected chi connectivity index (χ4v) is 2.67. The van der Waals surface area contributed by atoms with Crippen molar-refractivity contribution in [2.75, 3.05) is 13.1 Å². The van der Waals surface area contributed by atoms with E-state index in [0.29, 0.717) is 5.92 Å². The molecule has 0 bridgehead atoms. The van der Waals surface area contributed by atoms with Gasteiger partial charge in [-0.25, -0.2) is 0 Å². The van der Waals surface area contributed by atoms with Crippen LogP contribution in [-0.4, -0.2) is 29.4 Å². The van der Waals surface area contributed by atoms with Crippen LogP contribution in [0.25, 0.3) is 0 Å². The zero-order valence-electron chi connectivity index (χ0n) is 11.5. The molecule has 1 amide bonds. The Morgan fingerprint density at radius 3 is 2.63 bits per heavy atom. The van der Waals surface area contributed by atoms with E-state index >= 15 is 0 Å². The molecule has 0 saturated carbocycles. The summed E-state index contributed by atoms with van der Waals surface area (Å²) in [7, 11) is 0. The van der Waals surface area contributed by atoms with Crippen molar-refractivity contribution in [3.05, 3.63) is 34.9 Å². The molecule has 0 aliphatic carbocycles. The second-order valence-electron chi connectivity index (χ2n) is 5.96. The summed E-state index contributed by atoms with van der Waals surface area (Å²) in [4.78, 5) is 14.0. The van der Waals surface area contributed by atoms with Gasteiger partial charge >= 0.3 is 0 Å². The number of amides is 1. The molecular formula is C15H21ClN2O. The van der Waals surface area contributed by atoms with Gasteiger partial charge in [0.25, 0.3) is 0 Å². The molecule has 4 heteroatoms. The van der Waals surface area contributed by atoms with E-state index in [1.807, 2.05) is 17.0 Å². The molecule has 1 atom stereocenters. The molecule has 0 spiro atoms. The molecule has 1 aliphatic heterocycles. The highest BCUT2D eigenvalue weighted by molar-refractivity contribution is 6.30. The Bertz CT molecular complexity index is 450. The minimum absolute atomic E-state index is 0.0473. The molecule has 1 aromatic carbocycles. The van der Waals surface area contributed by atoms with E-state index < -0.39 is 5.54 Å². The van der Waals surface area contributed by atoms with Crippen molar-refractivity contribution in [3.8, 4) is 0 Å². The van der Waals surface area contributed by atoms with E-state index in [1.165, 1.54) is 5.56 Å². The van der Waals surface area contributed by atoms with Gasteiger partial charge in [-0.05, 0) is 50.3 Å². The maximum atomic E-state index is 12.1. The third-order valence-electron chi connectivity index (χ3n) is 3.56. The van der Waals surface area contributed by atoms with Crippen molar-refractivity contribution in [1.29, 1.82) is 0 Å². The summed E-state index contributed by atoms with van der Waals surface area (Å²) in [5.74, 6) is 0.568. The SMILES string of the molecule is CC(C)(N)C(=O)N1CCC(Cc2ccc(Cl)cc2)C1. The first-order valence-electron chi connectivity index (χ1n) is 6.69. The number of nitrogens with zero attached hydrogens (tertiary/aromatic N) is 1. The van der Waals surface area contributed by atoms with Crippen LogP contribution in [0.2, 0.25) is 5.02 Å². The molecule has 3 nitrogen and oxygen atoms in total. The molecule has 2 N–H and O–H groups in total. The summed E-state index contributed by atoms with van der Waals surface area (Å²) in [5, 5.41) is 0.761. The predicted molar refractivity (Wildman–Crippen MR) is 78.1 cm³/mol. The molecule has 1 saturated heterocycles. The zero-order chi connectivity index (χ0) is 14.0. The van der Waals surface area contributed by atoms with Crippen molar-refractivity contribution in [2.24, 2.45) is 11.7 Å². The van der Waals surface area contributed by atoms with Gasteiger partial charge in [0.05, 0.1) is 5.54 Å². The summed E-state index contributed by atoms with van der Waals surface area (Å²) in [6.07, 6.45) is 2.04. The van der Waals surface area contributed by atoms with Crippen LogP contribution in [0, 0.1) is 5.92 Å². The third kappa shape index (κ3) is 3.71. The molecule has 0 radical (unpaired) electrons. The zero-order valence-corrected chi connectivity index (χ0v) is 12.3. The first kappa shape index (κ1) is 14.4. The van der Waals surface area contributed by atoms with Crippen molar-refractivity contribution >= 4 is 17.5 Å². The van der Waals surface area contributed by atoms with Gasteiger partial charge in [-0.1, -0.05) is 23.7 Å². The number of carbonyl (C=O) groups is 1.